The highest BCUT2D eigenvalue weighted by molar-refractivity contribution is 6.04. The Morgan fingerprint density at radius 3 is 2.97 bits per heavy atom. The minimum atomic E-state index is -1.18. The molecule has 0 fully saturated rings. The fourth-order valence-electron chi connectivity index (χ4n) is 3.69. The van der Waals surface area contributed by atoms with Crippen molar-refractivity contribution < 1.29 is 27.5 Å². The number of pyridine rings is 1. The van der Waals surface area contributed by atoms with Crippen LogP contribution in [0.2, 0.25) is 0 Å². The van der Waals surface area contributed by atoms with Crippen molar-refractivity contribution in [2.75, 3.05) is 7.11 Å². The molecule has 1 aliphatic rings. The molecule has 0 bridgehead atoms. The molecule has 3 aromatic heterocycles. The maximum Gasteiger partial charge on any atom is 0.341 e. The van der Waals surface area contributed by atoms with Crippen LogP contribution in [-0.2, 0) is 17.8 Å². The number of methoxy groups -OCH3 is 1. The number of amides is 1. The molecule has 1 aliphatic heterocycles. The smallest absolute Gasteiger partial charge is 0.341 e. The number of esters is 1. The Morgan fingerprint density at radius 1 is 1.34 bits per heavy atom. The van der Waals surface area contributed by atoms with E-state index >= 15 is 0 Å². The van der Waals surface area contributed by atoms with Crippen LogP contribution in [0.25, 0.3) is 16.5 Å². The monoisotopic (exact) mass is 397 g/mol. The third-order valence-corrected chi connectivity index (χ3v) is 5.00. The molecule has 0 saturated heterocycles. The van der Waals surface area contributed by atoms with E-state index in [-0.39, 0.29) is 34.7 Å². The first-order valence-electron chi connectivity index (χ1n) is 8.71. The van der Waals surface area contributed by atoms with Crippen LogP contribution in [0, 0.1) is 11.6 Å². The molecule has 9 heteroatoms. The Morgan fingerprint density at radius 2 is 2.17 bits per heavy atom. The lowest BCUT2D eigenvalue weighted by Gasteiger charge is -2.25. The first-order chi connectivity index (χ1) is 14.0. The molecule has 0 unspecified atom stereocenters. The Kier molecular flexibility index (Phi) is 3.67. The van der Waals surface area contributed by atoms with E-state index < -0.39 is 17.6 Å². The number of hydrogen-bond donors (Lipinski definition) is 0. The van der Waals surface area contributed by atoms with Crippen LogP contribution in [0.3, 0.4) is 0 Å². The van der Waals surface area contributed by atoms with E-state index in [2.05, 4.69) is 9.84 Å². The Balaban J connectivity index is 1.55. The second-order valence-corrected chi connectivity index (χ2v) is 6.71. The highest BCUT2D eigenvalue weighted by Gasteiger charge is 2.29. The average molecular weight is 397 g/mol. The lowest BCUT2D eigenvalue weighted by atomic mass is 10.1. The topological polar surface area (TPSA) is 77.1 Å². The SMILES string of the molecule is COC(=O)c1cc(F)c(F)c2cc(CN3Cc4cccn5ncc(c45)C3=O)oc12. The van der Waals surface area contributed by atoms with Gasteiger partial charge in [0.1, 0.15) is 11.3 Å². The van der Waals surface area contributed by atoms with Gasteiger partial charge in [-0.2, -0.15) is 5.10 Å². The van der Waals surface area contributed by atoms with Crippen molar-refractivity contribution in [3.8, 4) is 0 Å². The van der Waals surface area contributed by atoms with Crippen LogP contribution >= 0.6 is 0 Å². The van der Waals surface area contributed by atoms with E-state index in [9.17, 15) is 18.4 Å². The molecule has 0 spiro atoms. The number of ether oxygens (including phenoxy) is 1. The van der Waals surface area contributed by atoms with Gasteiger partial charge in [0.15, 0.2) is 17.2 Å². The van der Waals surface area contributed by atoms with Crippen molar-refractivity contribution in [1.29, 1.82) is 0 Å². The summed E-state index contributed by atoms with van der Waals surface area (Å²) in [7, 11) is 1.13. The quantitative estimate of drug-likeness (QED) is 0.496. The molecule has 0 aliphatic carbocycles. The van der Waals surface area contributed by atoms with Crippen molar-refractivity contribution in [3.05, 3.63) is 70.7 Å². The molecule has 1 amide bonds. The second-order valence-electron chi connectivity index (χ2n) is 6.71. The van der Waals surface area contributed by atoms with Gasteiger partial charge >= 0.3 is 5.97 Å². The second kappa shape index (κ2) is 6.13. The van der Waals surface area contributed by atoms with Crippen molar-refractivity contribution >= 4 is 28.4 Å². The number of halogens is 2. The lowest BCUT2D eigenvalue weighted by Crippen LogP contribution is -2.33. The fraction of sp³-hybridized carbons (Fsp3) is 0.150. The van der Waals surface area contributed by atoms with Crippen molar-refractivity contribution in [2.24, 2.45) is 0 Å². The van der Waals surface area contributed by atoms with Gasteiger partial charge < -0.3 is 14.1 Å². The number of furan rings is 1. The van der Waals surface area contributed by atoms with Crippen LogP contribution < -0.4 is 0 Å². The normalized spacial score (nSPS) is 13.5. The van der Waals surface area contributed by atoms with Gasteiger partial charge in [0.25, 0.3) is 5.91 Å². The molecule has 0 atom stereocenters. The molecule has 29 heavy (non-hydrogen) atoms. The molecule has 0 saturated carbocycles. The maximum atomic E-state index is 14.2. The summed E-state index contributed by atoms with van der Waals surface area (Å²) in [5, 5.41) is 4.00. The van der Waals surface area contributed by atoms with Gasteiger partial charge in [0, 0.05) is 12.7 Å². The van der Waals surface area contributed by atoms with Crippen molar-refractivity contribution in [2.45, 2.75) is 13.1 Å². The van der Waals surface area contributed by atoms with Crippen LogP contribution in [0.15, 0.2) is 41.1 Å². The maximum absolute atomic E-state index is 14.2. The van der Waals surface area contributed by atoms with Gasteiger partial charge in [-0.3, -0.25) is 4.79 Å². The average Bonchev–Trinajstić information content (AvgIpc) is 3.34. The van der Waals surface area contributed by atoms with Crippen LogP contribution in [0.4, 0.5) is 8.78 Å². The van der Waals surface area contributed by atoms with Gasteiger partial charge in [-0.15, -0.1) is 0 Å². The van der Waals surface area contributed by atoms with E-state index in [0.29, 0.717) is 12.1 Å². The summed E-state index contributed by atoms with van der Waals surface area (Å²) >= 11 is 0. The predicted octanol–water partition coefficient (Wildman–Crippen LogP) is 3.30. The summed E-state index contributed by atoms with van der Waals surface area (Å²) in [6.07, 6.45) is 3.26. The van der Waals surface area contributed by atoms with E-state index in [1.165, 1.54) is 17.2 Å². The molecular weight excluding hydrogens is 384 g/mol. The summed E-state index contributed by atoms with van der Waals surface area (Å²) in [5.74, 6) is -3.20. The predicted molar refractivity (Wildman–Crippen MR) is 96.2 cm³/mol. The number of hydrogen-bond acceptors (Lipinski definition) is 5. The lowest BCUT2D eigenvalue weighted by molar-refractivity contribution is 0.0599. The molecule has 0 radical (unpaired) electrons. The van der Waals surface area contributed by atoms with Crippen LogP contribution in [0.5, 0.6) is 0 Å². The number of carbonyl (C=O) groups excluding carboxylic acids is 2. The summed E-state index contributed by atoms with van der Waals surface area (Å²) in [6, 6.07) is 5.75. The Labute approximate surface area is 162 Å². The highest BCUT2D eigenvalue weighted by atomic mass is 19.2. The van der Waals surface area contributed by atoms with E-state index in [1.54, 1.807) is 10.7 Å². The summed E-state index contributed by atoms with van der Waals surface area (Å²) in [6.45, 7) is 0.320. The van der Waals surface area contributed by atoms with Crippen molar-refractivity contribution in [3.63, 3.8) is 0 Å². The van der Waals surface area contributed by atoms with E-state index in [0.717, 1.165) is 24.3 Å². The largest absolute Gasteiger partial charge is 0.465 e. The van der Waals surface area contributed by atoms with E-state index in [1.807, 2.05) is 12.1 Å². The summed E-state index contributed by atoms with van der Waals surface area (Å²) < 4.78 is 40.0. The van der Waals surface area contributed by atoms with Gasteiger partial charge in [0.05, 0.1) is 36.3 Å². The molecule has 7 nitrogen and oxygen atoms in total. The number of benzene rings is 1. The van der Waals surface area contributed by atoms with Crippen molar-refractivity contribution in [1.82, 2.24) is 14.5 Å². The Hall–Kier alpha value is -3.75. The van der Waals surface area contributed by atoms with Gasteiger partial charge in [-0.05, 0) is 23.8 Å². The van der Waals surface area contributed by atoms with Gasteiger partial charge in [-0.1, -0.05) is 6.07 Å². The zero-order valence-electron chi connectivity index (χ0n) is 15.1. The molecule has 4 aromatic rings. The number of nitrogens with zero attached hydrogens (tertiary/aromatic N) is 3. The third-order valence-electron chi connectivity index (χ3n) is 5.00. The van der Waals surface area contributed by atoms with Crippen LogP contribution in [-0.4, -0.2) is 33.5 Å². The molecule has 4 heterocycles. The van der Waals surface area contributed by atoms with Gasteiger partial charge in [0.2, 0.25) is 0 Å². The molecular formula is C20H13F2N3O4. The number of carbonyl (C=O) groups is 2. The van der Waals surface area contributed by atoms with E-state index in [4.69, 9.17) is 4.42 Å². The summed E-state index contributed by atoms with van der Waals surface area (Å²) in [4.78, 5) is 26.3. The first kappa shape index (κ1) is 17.4. The number of fused-ring (bicyclic) bond motifs is 1. The molecule has 1 aromatic carbocycles. The Bertz CT molecular complexity index is 1320. The molecule has 0 N–H and O–H groups in total. The first-order valence-corrected chi connectivity index (χ1v) is 8.71. The summed E-state index contributed by atoms with van der Waals surface area (Å²) in [5.41, 5.74) is 1.77. The number of rotatable bonds is 3. The molecule has 146 valence electrons. The van der Waals surface area contributed by atoms with Crippen LogP contribution in [0.1, 0.15) is 32.0 Å². The zero-order chi connectivity index (χ0) is 20.3. The third kappa shape index (κ3) is 2.50. The zero-order valence-corrected chi connectivity index (χ0v) is 15.1. The minimum absolute atomic E-state index is 0.0147. The number of aromatic nitrogens is 2. The standard InChI is InChI=1S/C20H13F2N3O4/c1-28-20(27)13-6-15(21)16(22)12-5-11(29-18(12)13)9-24-8-10-3-2-4-25-17(10)14(7-23-25)19(24)26/h2-7H,8-9H2,1H3. The molecule has 5 rings (SSSR count). The fourth-order valence-corrected chi connectivity index (χ4v) is 3.69. The van der Waals surface area contributed by atoms with Gasteiger partial charge in [-0.25, -0.2) is 18.1 Å². The minimum Gasteiger partial charge on any atom is -0.465 e. The highest BCUT2D eigenvalue weighted by Crippen LogP contribution is 2.31.